The molecule has 0 fully saturated rings. The van der Waals surface area contributed by atoms with Crippen LogP contribution in [0.3, 0.4) is 0 Å². The fraction of sp³-hybridized carbons (Fsp3) is 0.500. The lowest BCUT2D eigenvalue weighted by molar-refractivity contribution is -0.119. The lowest BCUT2D eigenvalue weighted by Crippen LogP contribution is -2.20. The second-order valence-corrected chi connectivity index (χ2v) is 5.04. The van der Waals surface area contributed by atoms with Crippen LogP contribution in [0.4, 0.5) is 0 Å². The van der Waals surface area contributed by atoms with E-state index < -0.39 is 0 Å². The number of Topliss-reactive ketones (excluding diaryl/α,β-unsaturated/α-hetero) is 1. The number of carbonyl (C=O) groups is 1. The van der Waals surface area contributed by atoms with E-state index in [1.165, 1.54) is 16.7 Å². The molecule has 0 aliphatic heterocycles. The minimum atomic E-state index is 0.193. The molecule has 0 radical (unpaired) electrons. The first-order valence-electron chi connectivity index (χ1n) is 5.95. The lowest BCUT2D eigenvalue weighted by atomic mass is 9.82. The summed E-state index contributed by atoms with van der Waals surface area (Å²) in [5, 5.41) is 0. The van der Waals surface area contributed by atoms with Crippen molar-refractivity contribution in [2.45, 2.75) is 45.1 Å². The zero-order chi connectivity index (χ0) is 11.7. The van der Waals surface area contributed by atoms with Crippen LogP contribution in [0.25, 0.3) is 0 Å². The third kappa shape index (κ3) is 2.33. The Bertz CT molecular complexity index is 409. The zero-order valence-electron chi connectivity index (χ0n) is 9.99. The second kappa shape index (κ2) is 4.38. The van der Waals surface area contributed by atoms with E-state index in [1.54, 1.807) is 0 Å². The van der Waals surface area contributed by atoms with E-state index in [0.717, 1.165) is 6.42 Å². The molecule has 2 N–H and O–H groups in total. The fourth-order valence-corrected chi connectivity index (χ4v) is 2.50. The summed E-state index contributed by atoms with van der Waals surface area (Å²) in [5.41, 5.74) is 9.64. The number of benzene rings is 1. The number of rotatable bonds is 2. The summed E-state index contributed by atoms with van der Waals surface area (Å²) < 4.78 is 0. The van der Waals surface area contributed by atoms with Gasteiger partial charge in [0.05, 0.1) is 0 Å². The molecule has 0 spiro atoms. The highest BCUT2D eigenvalue weighted by Crippen LogP contribution is 2.30. The fourth-order valence-electron chi connectivity index (χ4n) is 2.50. The molecule has 16 heavy (non-hydrogen) atoms. The number of carbonyl (C=O) groups excluding carboxylic acids is 1. The SMILES string of the molecule is CC(N)Cc1ccc2c(c1)C(C)CC(=O)C2. The first-order chi connectivity index (χ1) is 7.56. The molecule has 86 valence electrons. The Labute approximate surface area is 96.8 Å². The highest BCUT2D eigenvalue weighted by molar-refractivity contribution is 5.84. The van der Waals surface area contributed by atoms with Crippen molar-refractivity contribution in [3.63, 3.8) is 0 Å². The number of nitrogens with two attached hydrogens (primary N) is 1. The third-order valence-corrected chi connectivity index (χ3v) is 3.22. The van der Waals surface area contributed by atoms with Gasteiger partial charge in [0.1, 0.15) is 5.78 Å². The van der Waals surface area contributed by atoms with Crippen LogP contribution in [-0.2, 0) is 17.6 Å². The van der Waals surface area contributed by atoms with Crippen molar-refractivity contribution in [3.8, 4) is 0 Å². The van der Waals surface area contributed by atoms with E-state index in [9.17, 15) is 4.79 Å². The van der Waals surface area contributed by atoms with Gasteiger partial charge in [-0.25, -0.2) is 0 Å². The van der Waals surface area contributed by atoms with Gasteiger partial charge in [0.15, 0.2) is 0 Å². The third-order valence-electron chi connectivity index (χ3n) is 3.22. The predicted octanol–water partition coefficient (Wildman–Crippen LogP) is 2.20. The Morgan fingerprint density at radius 1 is 1.50 bits per heavy atom. The summed E-state index contributed by atoms with van der Waals surface area (Å²) in [4.78, 5) is 11.5. The molecule has 0 heterocycles. The molecular weight excluding hydrogens is 198 g/mol. The molecule has 2 atom stereocenters. The minimum absolute atomic E-state index is 0.193. The predicted molar refractivity (Wildman–Crippen MR) is 65.5 cm³/mol. The van der Waals surface area contributed by atoms with Crippen molar-refractivity contribution >= 4 is 5.78 Å². The molecule has 1 aromatic carbocycles. The Morgan fingerprint density at radius 2 is 2.25 bits per heavy atom. The van der Waals surface area contributed by atoms with Crippen molar-refractivity contribution < 1.29 is 4.79 Å². The van der Waals surface area contributed by atoms with Gasteiger partial charge in [0, 0.05) is 18.9 Å². The van der Waals surface area contributed by atoms with Crippen LogP contribution in [0.2, 0.25) is 0 Å². The normalized spacial score (nSPS) is 21.7. The topological polar surface area (TPSA) is 43.1 Å². The van der Waals surface area contributed by atoms with E-state index in [1.807, 2.05) is 6.92 Å². The Hall–Kier alpha value is -1.15. The highest BCUT2D eigenvalue weighted by Gasteiger charge is 2.21. The molecule has 2 rings (SSSR count). The molecule has 0 amide bonds. The Morgan fingerprint density at radius 3 is 2.94 bits per heavy atom. The highest BCUT2D eigenvalue weighted by atomic mass is 16.1. The number of ketones is 1. The Kier molecular flexibility index (Phi) is 3.10. The first kappa shape index (κ1) is 11.3. The van der Waals surface area contributed by atoms with Crippen molar-refractivity contribution in [1.82, 2.24) is 0 Å². The maximum absolute atomic E-state index is 11.5. The summed E-state index contributed by atoms with van der Waals surface area (Å²) in [5.74, 6) is 0.726. The van der Waals surface area contributed by atoms with Crippen molar-refractivity contribution in [2.75, 3.05) is 0 Å². The minimum Gasteiger partial charge on any atom is -0.328 e. The summed E-state index contributed by atoms with van der Waals surface area (Å²) in [6.45, 7) is 4.15. The summed E-state index contributed by atoms with van der Waals surface area (Å²) in [7, 11) is 0. The van der Waals surface area contributed by atoms with Crippen LogP contribution in [0.15, 0.2) is 18.2 Å². The number of hydrogen-bond acceptors (Lipinski definition) is 2. The van der Waals surface area contributed by atoms with Crippen LogP contribution < -0.4 is 5.73 Å². The largest absolute Gasteiger partial charge is 0.328 e. The van der Waals surface area contributed by atoms with Crippen molar-refractivity contribution in [3.05, 3.63) is 34.9 Å². The molecule has 2 heteroatoms. The molecule has 0 bridgehead atoms. The molecule has 1 aliphatic rings. The lowest BCUT2D eigenvalue weighted by Gasteiger charge is -2.22. The van der Waals surface area contributed by atoms with E-state index in [-0.39, 0.29) is 6.04 Å². The van der Waals surface area contributed by atoms with Crippen LogP contribution in [0, 0.1) is 0 Å². The number of hydrogen-bond donors (Lipinski definition) is 1. The molecule has 2 nitrogen and oxygen atoms in total. The van der Waals surface area contributed by atoms with E-state index in [2.05, 4.69) is 25.1 Å². The molecule has 0 saturated carbocycles. The first-order valence-corrected chi connectivity index (χ1v) is 5.95. The van der Waals surface area contributed by atoms with Crippen molar-refractivity contribution in [2.24, 2.45) is 5.73 Å². The molecule has 1 aromatic rings. The maximum Gasteiger partial charge on any atom is 0.137 e. The summed E-state index contributed by atoms with van der Waals surface area (Å²) >= 11 is 0. The van der Waals surface area contributed by atoms with Gasteiger partial charge in [-0.05, 0) is 36.0 Å². The molecular formula is C14H19NO. The van der Waals surface area contributed by atoms with Crippen LogP contribution in [0.5, 0.6) is 0 Å². The number of fused-ring (bicyclic) bond motifs is 1. The summed E-state index contributed by atoms with van der Waals surface area (Å²) in [6.07, 6.45) is 2.21. The van der Waals surface area contributed by atoms with Crippen molar-refractivity contribution in [1.29, 1.82) is 0 Å². The average molecular weight is 217 g/mol. The standard InChI is InChI=1S/C14H19NO/c1-9-5-13(16)8-12-4-3-11(6-10(2)15)7-14(9)12/h3-4,7,9-10H,5-6,8,15H2,1-2H3. The average Bonchev–Trinajstić information content (AvgIpc) is 2.18. The van der Waals surface area contributed by atoms with Crippen LogP contribution in [0.1, 0.15) is 42.9 Å². The Balaban J connectivity index is 2.31. The summed E-state index contributed by atoms with van der Waals surface area (Å²) in [6, 6.07) is 6.63. The van der Waals surface area contributed by atoms with Gasteiger partial charge in [-0.1, -0.05) is 25.1 Å². The van der Waals surface area contributed by atoms with Gasteiger partial charge >= 0.3 is 0 Å². The van der Waals surface area contributed by atoms with Gasteiger partial charge in [-0.3, -0.25) is 4.79 Å². The van der Waals surface area contributed by atoms with Gasteiger partial charge in [-0.15, -0.1) is 0 Å². The molecule has 1 aliphatic carbocycles. The van der Waals surface area contributed by atoms with Crippen LogP contribution >= 0.6 is 0 Å². The van der Waals surface area contributed by atoms with Gasteiger partial charge in [0.25, 0.3) is 0 Å². The van der Waals surface area contributed by atoms with Gasteiger partial charge < -0.3 is 5.73 Å². The molecule has 2 unspecified atom stereocenters. The second-order valence-electron chi connectivity index (χ2n) is 5.04. The zero-order valence-corrected chi connectivity index (χ0v) is 9.99. The maximum atomic E-state index is 11.5. The molecule has 0 aromatic heterocycles. The smallest absolute Gasteiger partial charge is 0.137 e. The van der Waals surface area contributed by atoms with Crippen LogP contribution in [-0.4, -0.2) is 11.8 Å². The van der Waals surface area contributed by atoms with E-state index >= 15 is 0 Å². The van der Waals surface area contributed by atoms with Gasteiger partial charge in [0.2, 0.25) is 0 Å². The van der Waals surface area contributed by atoms with Gasteiger partial charge in [-0.2, -0.15) is 0 Å². The molecule has 0 saturated heterocycles. The quantitative estimate of drug-likeness (QED) is 0.825. The monoisotopic (exact) mass is 217 g/mol. The van der Waals surface area contributed by atoms with E-state index in [4.69, 9.17) is 5.73 Å². The van der Waals surface area contributed by atoms with E-state index in [0.29, 0.717) is 24.5 Å².